The second-order valence-electron chi connectivity index (χ2n) is 6.07. The molecule has 1 amide bonds. The van der Waals surface area contributed by atoms with Crippen LogP contribution in [0.3, 0.4) is 0 Å². The van der Waals surface area contributed by atoms with Crippen LogP contribution in [0, 0.1) is 0 Å². The van der Waals surface area contributed by atoms with Gasteiger partial charge in [0.2, 0.25) is 0 Å². The Morgan fingerprint density at radius 2 is 1.19 bits per heavy atom. The number of carboxylic acid groups (broad SMARTS) is 1. The molecule has 0 radical (unpaired) electrons. The second-order valence-corrected chi connectivity index (χ2v) is 6.07. The highest BCUT2D eigenvalue weighted by molar-refractivity contribution is 6.36. The van der Waals surface area contributed by atoms with Crippen LogP contribution in [0.2, 0.25) is 0 Å². The molecule has 0 unspecified atom stereocenters. The van der Waals surface area contributed by atoms with Gasteiger partial charge in [-0.1, -0.05) is 72.8 Å². The van der Waals surface area contributed by atoms with Crippen LogP contribution < -0.4 is 5.32 Å². The molecular weight excluding hydrogens is 338 g/mol. The number of aliphatic carboxylic acids is 1. The minimum atomic E-state index is -1.51. The van der Waals surface area contributed by atoms with E-state index in [1.54, 1.807) is 12.1 Å². The fraction of sp³-hybridized carbons (Fsp3) is 0.0435. The molecule has 4 nitrogen and oxygen atoms in total. The molecule has 27 heavy (non-hydrogen) atoms. The summed E-state index contributed by atoms with van der Waals surface area (Å²) >= 11 is 0. The van der Waals surface area contributed by atoms with Crippen LogP contribution in [0.4, 0.5) is 5.69 Å². The van der Waals surface area contributed by atoms with E-state index in [-0.39, 0.29) is 0 Å². The highest BCUT2D eigenvalue weighted by Crippen LogP contribution is 2.32. The minimum Gasteiger partial charge on any atom is -0.474 e. The van der Waals surface area contributed by atoms with Gasteiger partial charge in [0.15, 0.2) is 0 Å². The number of allylic oxidation sites excluding steroid dienone is 1. The lowest BCUT2D eigenvalue weighted by Gasteiger charge is -2.14. The summed E-state index contributed by atoms with van der Waals surface area (Å²) in [6, 6.07) is 27.5. The van der Waals surface area contributed by atoms with Crippen LogP contribution in [0.1, 0.15) is 23.6 Å². The summed E-state index contributed by atoms with van der Waals surface area (Å²) in [5, 5.41) is 11.0. The number of rotatable bonds is 4. The van der Waals surface area contributed by atoms with Crippen LogP contribution in [-0.2, 0) is 9.59 Å². The third-order valence-corrected chi connectivity index (χ3v) is 4.27. The molecule has 0 heterocycles. The second kappa shape index (κ2) is 8.15. The predicted molar refractivity (Wildman–Crippen MR) is 107 cm³/mol. The van der Waals surface area contributed by atoms with Gasteiger partial charge in [-0.25, -0.2) is 4.79 Å². The molecule has 0 saturated heterocycles. The van der Waals surface area contributed by atoms with Crippen molar-refractivity contribution in [2.45, 2.75) is 6.92 Å². The molecule has 3 rings (SSSR count). The molecule has 2 N–H and O–H groups in total. The molecule has 0 saturated carbocycles. The Morgan fingerprint density at radius 3 is 1.63 bits per heavy atom. The summed E-state index contributed by atoms with van der Waals surface area (Å²) in [5.74, 6) is -2.56. The summed E-state index contributed by atoms with van der Waals surface area (Å²) in [6.07, 6.45) is 0. The first-order chi connectivity index (χ1) is 13.1. The van der Waals surface area contributed by atoms with Crippen molar-refractivity contribution in [3.05, 3.63) is 102 Å². The lowest BCUT2D eigenvalue weighted by Crippen LogP contribution is -2.21. The van der Waals surface area contributed by atoms with E-state index >= 15 is 0 Å². The zero-order valence-corrected chi connectivity index (χ0v) is 14.8. The summed E-state index contributed by atoms with van der Waals surface area (Å²) < 4.78 is 0. The number of amides is 1. The van der Waals surface area contributed by atoms with Gasteiger partial charge in [-0.3, -0.25) is 4.79 Å². The van der Waals surface area contributed by atoms with Crippen molar-refractivity contribution in [2.75, 3.05) is 5.32 Å². The number of hydrogen-bond acceptors (Lipinski definition) is 2. The Labute approximate surface area is 157 Å². The van der Waals surface area contributed by atoms with E-state index in [0.717, 1.165) is 27.8 Å². The van der Waals surface area contributed by atoms with E-state index in [1.165, 1.54) is 0 Å². The monoisotopic (exact) mass is 357 g/mol. The van der Waals surface area contributed by atoms with Gasteiger partial charge in [-0.2, -0.15) is 0 Å². The number of carboxylic acids is 1. The smallest absolute Gasteiger partial charge is 0.394 e. The van der Waals surface area contributed by atoms with E-state index in [1.807, 2.05) is 48.5 Å². The number of benzene rings is 3. The van der Waals surface area contributed by atoms with Crippen LogP contribution in [0.15, 0.2) is 84.9 Å². The molecule has 0 spiro atoms. The fourth-order valence-corrected chi connectivity index (χ4v) is 2.94. The number of anilines is 1. The molecule has 3 aromatic carbocycles. The minimum absolute atomic E-state index is 0.444. The van der Waals surface area contributed by atoms with Gasteiger partial charge in [-0.05, 0) is 46.9 Å². The average molecular weight is 357 g/mol. The van der Waals surface area contributed by atoms with Gasteiger partial charge in [0, 0.05) is 5.69 Å². The summed E-state index contributed by atoms with van der Waals surface area (Å²) in [6.45, 7) is 2.06. The summed E-state index contributed by atoms with van der Waals surface area (Å²) in [7, 11) is 0. The van der Waals surface area contributed by atoms with Crippen LogP contribution in [0.5, 0.6) is 0 Å². The van der Waals surface area contributed by atoms with Crippen molar-refractivity contribution in [1.29, 1.82) is 0 Å². The van der Waals surface area contributed by atoms with Crippen molar-refractivity contribution in [3.8, 4) is 0 Å². The van der Waals surface area contributed by atoms with Crippen molar-refractivity contribution in [2.24, 2.45) is 0 Å². The van der Waals surface area contributed by atoms with E-state index in [2.05, 4.69) is 36.5 Å². The first-order valence-corrected chi connectivity index (χ1v) is 8.52. The largest absolute Gasteiger partial charge is 0.474 e. The third-order valence-electron chi connectivity index (χ3n) is 4.27. The molecular formula is C23H19NO3. The van der Waals surface area contributed by atoms with Gasteiger partial charge in [0.1, 0.15) is 0 Å². The van der Waals surface area contributed by atoms with Gasteiger partial charge < -0.3 is 10.4 Å². The Kier molecular flexibility index (Phi) is 5.47. The fourth-order valence-electron chi connectivity index (χ4n) is 2.94. The van der Waals surface area contributed by atoms with Crippen molar-refractivity contribution in [3.63, 3.8) is 0 Å². The molecule has 0 bridgehead atoms. The first-order valence-electron chi connectivity index (χ1n) is 8.52. The van der Waals surface area contributed by atoms with Crippen molar-refractivity contribution < 1.29 is 14.7 Å². The topological polar surface area (TPSA) is 66.4 Å². The Bertz CT molecular complexity index is 934. The van der Waals surface area contributed by atoms with Crippen LogP contribution in [0.25, 0.3) is 11.1 Å². The summed E-state index contributed by atoms with van der Waals surface area (Å²) in [5.41, 5.74) is 5.88. The molecule has 134 valence electrons. The first kappa shape index (κ1) is 18.1. The number of carbonyl (C=O) groups is 2. The third kappa shape index (κ3) is 4.30. The maximum Gasteiger partial charge on any atom is 0.394 e. The quantitative estimate of drug-likeness (QED) is 0.526. The van der Waals surface area contributed by atoms with Gasteiger partial charge in [0.05, 0.1) is 0 Å². The maximum atomic E-state index is 11.3. The van der Waals surface area contributed by atoms with Crippen LogP contribution in [-0.4, -0.2) is 17.0 Å². The molecule has 0 atom stereocenters. The Hall–Kier alpha value is -3.66. The van der Waals surface area contributed by atoms with Gasteiger partial charge >= 0.3 is 11.9 Å². The molecule has 4 heteroatoms. The molecule has 0 fully saturated rings. The average Bonchev–Trinajstić information content (AvgIpc) is 2.70. The zero-order valence-electron chi connectivity index (χ0n) is 14.8. The van der Waals surface area contributed by atoms with Crippen LogP contribution >= 0.6 is 0 Å². The molecule has 0 aliphatic rings. The molecule has 0 aromatic heterocycles. The zero-order chi connectivity index (χ0) is 19.2. The lowest BCUT2D eigenvalue weighted by atomic mass is 9.90. The van der Waals surface area contributed by atoms with E-state index in [0.29, 0.717) is 5.69 Å². The van der Waals surface area contributed by atoms with E-state index < -0.39 is 11.9 Å². The normalized spacial score (nSPS) is 10.1. The maximum absolute atomic E-state index is 11.3. The van der Waals surface area contributed by atoms with E-state index in [4.69, 9.17) is 5.11 Å². The SMILES string of the molecule is CC(=C(c1ccccc1)c1ccccc1)c1ccc(NC(=O)C(=O)O)cc1. The molecule has 0 aliphatic heterocycles. The Morgan fingerprint density at radius 1 is 0.704 bits per heavy atom. The standard InChI is InChI=1S/C23H19NO3/c1-16(17-12-14-20(15-13-17)24-22(25)23(26)27)21(18-8-4-2-5-9-18)19-10-6-3-7-11-19/h2-15H,1H3,(H,24,25)(H,26,27). The van der Waals surface area contributed by atoms with Gasteiger partial charge in [-0.15, -0.1) is 0 Å². The lowest BCUT2D eigenvalue weighted by molar-refractivity contribution is -0.147. The predicted octanol–water partition coefficient (Wildman–Crippen LogP) is 4.69. The number of hydrogen-bond donors (Lipinski definition) is 2. The Balaban J connectivity index is 2.02. The highest BCUT2D eigenvalue weighted by Gasteiger charge is 2.12. The van der Waals surface area contributed by atoms with Crippen molar-refractivity contribution in [1.82, 2.24) is 0 Å². The molecule has 3 aromatic rings. The van der Waals surface area contributed by atoms with Gasteiger partial charge in [0.25, 0.3) is 0 Å². The summed E-state index contributed by atoms with van der Waals surface area (Å²) in [4.78, 5) is 22.0. The highest BCUT2D eigenvalue weighted by atomic mass is 16.4. The molecule has 0 aliphatic carbocycles. The van der Waals surface area contributed by atoms with E-state index in [9.17, 15) is 9.59 Å². The number of nitrogens with one attached hydrogen (secondary N) is 1. The van der Waals surface area contributed by atoms with Crippen molar-refractivity contribution >= 4 is 28.7 Å². The number of carbonyl (C=O) groups excluding carboxylic acids is 1.